The van der Waals surface area contributed by atoms with E-state index in [9.17, 15) is 18.0 Å². The van der Waals surface area contributed by atoms with Gasteiger partial charge in [0.25, 0.3) is 5.91 Å². The maximum Gasteiger partial charge on any atom is 0.416 e. The highest BCUT2D eigenvalue weighted by atomic mass is 19.4. The van der Waals surface area contributed by atoms with Crippen molar-refractivity contribution >= 4 is 5.91 Å². The molecule has 0 saturated carbocycles. The van der Waals surface area contributed by atoms with Gasteiger partial charge in [-0.3, -0.25) is 4.79 Å². The molecule has 1 aromatic heterocycles. The van der Waals surface area contributed by atoms with Gasteiger partial charge in [-0.2, -0.15) is 13.2 Å². The Morgan fingerprint density at radius 2 is 2.00 bits per heavy atom. The number of aryl methyl sites for hydroxylation is 1. The number of benzene rings is 1. The molecular formula is C16H16F3N3O. The highest BCUT2D eigenvalue weighted by Crippen LogP contribution is 2.30. The first kappa shape index (κ1) is 15.6. The molecule has 1 aromatic carbocycles. The number of hydrogen-bond donors (Lipinski definition) is 1. The van der Waals surface area contributed by atoms with E-state index in [2.05, 4.69) is 9.97 Å². The number of halogens is 3. The first-order valence-electron chi connectivity index (χ1n) is 7.32. The van der Waals surface area contributed by atoms with Crippen LogP contribution in [0.3, 0.4) is 0 Å². The molecule has 2 heterocycles. The number of aromatic nitrogens is 2. The quantitative estimate of drug-likeness (QED) is 0.921. The lowest BCUT2D eigenvalue weighted by Crippen LogP contribution is -2.28. The Hall–Kier alpha value is -2.31. The SMILES string of the molecule is Cc1cnc([C@H]2CCN(C(=O)c3ccc(C(F)(F)F)cc3)C2)[nH]1. The maximum absolute atomic E-state index is 12.6. The van der Waals surface area contributed by atoms with Gasteiger partial charge in [0, 0.05) is 36.5 Å². The number of carbonyl (C=O) groups is 1. The van der Waals surface area contributed by atoms with Crippen molar-refractivity contribution in [3.63, 3.8) is 0 Å². The summed E-state index contributed by atoms with van der Waals surface area (Å²) in [5.74, 6) is 0.747. The highest BCUT2D eigenvalue weighted by molar-refractivity contribution is 5.94. The van der Waals surface area contributed by atoms with Gasteiger partial charge in [-0.15, -0.1) is 0 Å². The molecule has 1 fully saturated rings. The van der Waals surface area contributed by atoms with E-state index in [4.69, 9.17) is 0 Å². The second-order valence-corrected chi connectivity index (χ2v) is 5.76. The van der Waals surface area contributed by atoms with Gasteiger partial charge in [0.2, 0.25) is 0 Å². The molecule has 0 unspecified atom stereocenters. The first-order valence-corrected chi connectivity index (χ1v) is 7.32. The van der Waals surface area contributed by atoms with E-state index in [-0.39, 0.29) is 17.4 Å². The van der Waals surface area contributed by atoms with Gasteiger partial charge in [-0.25, -0.2) is 4.98 Å². The van der Waals surface area contributed by atoms with Gasteiger partial charge in [-0.1, -0.05) is 0 Å². The molecule has 4 nitrogen and oxygen atoms in total. The standard InChI is InChI=1S/C16H16F3N3O/c1-10-8-20-14(21-10)12-6-7-22(9-12)15(23)11-2-4-13(5-3-11)16(17,18)19/h2-5,8,12H,6-7,9H2,1H3,(H,20,21)/t12-/m0/s1. The van der Waals surface area contributed by atoms with Crippen molar-refractivity contribution < 1.29 is 18.0 Å². The Morgan fingerprint density at radius 3 is 2.57 bits per heavy atom. The molecule has 1 aliphatic rings. The third kappa shape index (κ3) is 3.23. The zero-order valence-electron chi connectivity index (χ0n) is 12.5. The minimum absolute atomic E-state index is 0.141. The van der Waals surface area contributed by atoms with Crippen LogP contribution in [0.4, 0.5) is 13.2 Å². The van der Waals surface area contributed by atoms with Crippen molar-refractivity contribution in [2.24, 2.45) is 0 Å². The predicted octanol–water partition coefficient (Wildman–Crippen LogP) is 3.37. The van der Waals surface area contributed by atoms with Gasteiger partial charge in [0.15, 0.2) is 0 Å². The van der Waals surface area contributed by atoms with E-state index in [0.29, 0.717) is 13.1 Å². The molecule has 122 valence electrons. The Kier molecular flexibility index (Phi) is 3.87. The summed E-state index contributed by atoms with van der Waals surface area (Å²) in [5, 5.41) is 0. The number of H-pyrrole nitrogens is 1. The highest BCUT2D eigenvalue weighted by Gasteiger charge is 2.32. The van der Waals surface area contributed by atoms with Crippen LogP contribution in [0.25, 0.3) is 0 Å². The summed E-state index contributed by atoms with van der Waals surface area (Å²) in [5.41, 5.74) is 0.487. The monoisotopic (exact) mass is 323 g/mol. The van der Waals surface area contributed by atoms with Crippen molar-refractivity contribution in [3.8, 4) is 0 Å². The van der Waals surface area contributed by atoms with Gasteiger partial charge in [-0.05, 0) is 37.6 Å². The van der Waals surface area contributed by atoms with Crippen LogP contribution in [0.15, 0.2) is 30.5 Å². The molecule has 1 saturated heterocycles. The fourth-order valence-corrected chi connectivity index (χ4v) is 2.79. The lowest BCUT2D eigenvalue weighted by molar-refractivity contribution is -0.137. The number of nitrogens with one attached hydrogen (secondary N) is 1. The average Bonchev–Trinajstić information content (AvgIpc) is 3.14. The second kappa shape index (κ2) is 5.72. The molecule has 1 aliphatic heterocycles. The minimum atomic E-state index is -4.39. The van der Waals surface area contributed by atoms with Crippen LogP contribution >= 0.6 is 0 Å². The molecule has 2 aromatic rings. The fraction of sp³-hybridized carbons (Fsp3) is 0.375. The minimum Gasteiger partial charge on any atom is -0.346 e. The van der Waals surface area contributed by atoms with Crippen LogP contribution in [-0.2, 0) is 6.18 Å². The van der Waals surface area contributed by atoms with E-state index in [1.807, 2.05) is 6.92 Å². The molecule has 3 rings (SSSR count). The maximum atomic E-state index is 12.6. The van der Waals surface area contributed by atoms with Crippen LogP contribution in [0.5, 0.6) is 0 Å². The summed E-state index contributed by atoms with van der Waals surface area (Å²) in [6.07, 6.45) is -1.85. The molecule has 1 amide bonds. The normalized spacial score (nSPS) is 18.4. The predicted molar refractivity (Wildman–Crippen MR) is 78.0 cm³/mol. The van der Waals surface area contributed by atoms with Crippen LogP contribution in [-0.4, -0.2) is 33.9 Å². The molecule has 7 heteroatoms. The molecular weight excluding hydrogens is 307 g/mol. The Bertz CT molecular complexity index is 706. The lowest BCUT2D eigenvalue weighted by atomic mass is 10.1. The summed E-state index contributed by atoms with van der Waals surface area (Å²) in [7, 11) is 0. The topological polar surface area (TPSA) is 49.0 Å². The van der Waals surface area contributed by atoms with Crippen molar-refractivity contribution in [1.82, 2.24) is 14.9 Å². The van der Waals surface area contributed by atoms with Gasteiger partial charge in [0.05, 0.1) is 5.56 Å². The second-order valence-electron chi connectivity index (χ2n) is 5.76. The van der Waals surface area contributed by atoms with Crippen LogP contribution in [0.2, 0.25) is 0 Å². The zero-order valence-corrected chi connectivity index (χ0v) is 12.5. The number of aromatic amines is 1. The molecule has 0 bridgehead atoms. The van der Waals surface area contributed by atoms with Crippen molar-refractivity contribution in [1.29, 1.82) is 0 Å². The Morgan fingerprint density at radius 1 is 1.30 bits per heavy atom. The van der Waals surface area contributed by atoms with Crippen molar-refractivity contribution in [2.45, 2.75) is 25.4 Å². The van der Waals surface area contributed by atoms with Crippen LogP contribution in [0.1, 0.15) is 39.8 Å². The zero-order chi connectivity index (χ0) is 16.6. The third-order valence-electron chi connectivity index (χ3n) is 4.04. The molecule has 0 aliphatic carbocycles. The molecule has 0 spiro atoms. The average molecular weight is 323 g/mol. The van der Waals surface area contributed by atoms with E-state index in [0.717, 1.165) is 30.1 Å². The number of rotatable bonds is 2. The number of carbonyl (C=O) groups excluding carboxylic acids is 1. The Labute approximate surface area is 131 Å². The van der Waals surface area contributed by atoms with Crippen LogP contribution in [0, 0.1) is 6.92 Å². The summed E-state index contributed by atoms with van der Waals surface area (Å²) < 4.78 is 37.7. The summed E-state index contributed by atoms with van der Waals surface area (Å²) >= 11 is 0. The summed E-state index contributed by atoms with van der Waals surface area (Å²) in [6.45, 7) is 3.01. The van der Waals surface area contributed by atoms with Gasteiger partial charge < -0.3 is 9.88 Å². The van der Waals surface area contributed by atoms with Gasteiger partial charge >= 0.3 is 6.18 Å². The lowest BCUT2D eigenvalue weighted by Gasteiger charge is -2.16. The first-order chi connectivity index (χ1) is 10.8. The largest absolute Gasteiger partial charge is 0.416 e. The van der Waals surface area contributed by atoms with Gasteiger partial charge in [0.1, 0.15) is 5.82 Å². The summed E-state index contributed by atoms with van der Waals surface area (Å²) in [4.78, 5) is 21.5. The van der Waals surface area contributed by atoms with E-state index < -0.39 is 11.7 Å². The number of imidazole rings is 1. The molecule has 1 atom stereocenters. The number of likely N-dealkylation sites (tertiary alicyclic amines) is 1. The summed E-state index contributed by atoms with van der Waals surface area (Å²) in [6, 6.07) is 4.35. The number of alkyl halides is 3. The van der Waals surface area contributed by atoms with E-state index in [1.165, 1.54) is 12.1 Å². The molecule has 23 heavy (non-hydrogen) atoms. The third-order valence-corrected chi connectivity index (χ3v) is 4.04. The van der Waals surface area contributed by atoms with Crippen LogP contribution < -0.4 is 0 Å². The van der Waals surface area contributed by atoms with E-state index in [1.54, 1.807) is 11.1 Å². The number of hydrogen-bond acceptors (Lipinski definition) is 2. The van der Waals surface area contributed by atoms with Crippen molar-refractivity contribution in [3.05, 3.63) is 53.1 Å². The number of nitrogens with zero attached hydrogens (tertiary/aromatic N) is 2. The molecule has 0 radical (unpaired) electrons. The van der Waals surface area contributed by atoms with E-state index >= 15 is 0 Å². The number of amides is 1. The molecule has 1 N–H and O–H groups in total. The smallest absolute Gasteiger partial charge is 0.346 e. The Balaban J connectivity index is 1.69. The van der Waals surface area contributed by atoms with Crippen molar-refractivity contribution in [2.75, 3.05) is 13.1 Å². The fourth-order valence-electron chi connectivity index (χ4n) is 2.79.